The van der Waals surface area contributed by atoms with Crippen molar-refractivity contribution in [3.63, 3.8) is 0 Å². The van der Waals surface area contributed by atoms with Crippen LogP contribution in [-0.4, -0.2) is 24.3 Å². The molecular formula is C23H25NO2. The van der Waals surface area contributed by atoms with Crippen LogP contribution < -0.4 is 0 Å². The smallest absolute Gasteiger partial charge is 0.120 e. The molecule has 4 rings (SSSR count). The minimum atomic E-state index is 0.311. The molecule has 1 aromatic rings. The molecule has 3 aliphatic rings. The number of hydrogen-bond acceptors (Lipinski definition) is 3. The van der Waals surface area contributed by atoms with Crippen molar-refractivity contribution in [2.24, 2.45) is 5.92 Å². The molecule has 0 saturated carbocycles. The first kappa shape index (κ1) is 17.0. The fourth-order valence-electron chi connectivity index (χ4n) is 4.40. The molecular weight excluding hydrogens is 322 g/mol. The summed E-state index contributed by atoms with van der Waals surface area (Å²) < 4.78 is 5.28. The lowest BCUT2D eigenvalue weighted by Crippen LogP contribution is -2.35. The lowest BCUT2D eigenvalue weighted by molar-refractivity contribution is -0.108. The molecule has 3 heteroatoms. The second-order valence-electron chi connectivity index (χ2n) is 7.32. The summed E-state index contributed by atoms with van der Waals surface area (Å²) in [7, 11) is 0. The van der Waals surface area contributed by atoms with E-state index in [-0.39, 0.29) is 0 Å². The van der Waals surface area contributed by atoms with Gasteiger partial charge in [0.1, 0.15) is 6.29 Å². The van der Waals surface area contributed by atoms with Crippen LogP contribution in [0.15, 0.2) is 65.5 Å². The van der Waals surface area contributed by atoms with Crippen molar-refractivity contribution in [2.45, 2.75) is 31.7 Å². The zero-order valence-corrected chi connectivity index (χ0v) is 15.0. The van der Waals surface area contributed by atoms with E-state index in [9.17, 15) is 4.79 Å². The van der Waals surface area contributed by atoms with Crippen molar-refractivity contribution in [2.75, 3.05) is 13.1 Å². The molecule has 1 unspecified atom stereocenters. The summed E-state index contributed by atoms with van der Waals surface area (Å²) in [5.41, 5.74) is 5.04. The first-order chi connectivity index (χ1) is 12.8. The normalized spacial score (nSPS) is 17.4. The average Bonchev–Trinajstić information content (AvgIpc) is 3.12. The first-order valence-electron chi connectivity index (χ1n) is 9.50. The Morgan fingerprint density at radius 1 is 1.08 bits per heavy atom. The number of piperidine rings is 1. The Kier molecular flexibility index (Phi) is 5.16. The van der Waals surface area contributed by atoms with Crippen LogP contribution >= 0.6 is 0 Å². The third-order valence-electron chi connectivity index (χ3n) is 5.77. The highest BCUT2D eigenvalue weighted by Crippen LogP contribution is 2.41. The Labute approximate surface area is 155 Å². The molecule has 1 fully saturated rings. The maximum Gasteiger partial charge on any atom is 0.120 e. The van der Waals surface area contributed by atoms with Crippen molar-refractivity contribution in [3.05, 3.63) is 72.2 Å². The number of fused-ring (bicyclic) bond motifs is 1. The Morgan fingerprint density at radius 3 is 2.65 bits per heavy atom. The lowest BCUT2D eigenvalue weighted by Gasteiger charge is -2.36. The van der Waals surface area contributed by atoms with Gasteiger partial charge in [-0.3, -0.25) is 4.90 Å². The van der Waals surface area contributed by atoms with Crippen LogP contribution in [0.3, 0.4) is 0 Å². The Balaban J connectivity index is 1.45. The number of benzene rings is 1. The fraction of sp³-hybridized carbons (Fsp3) is 0.348. The van der Waals surface area contributed by atoms with Crippen molar-refractivity contribution in [1.82, 2.24) is 4.90 Å². The van der Waals surface area contributed by atoms with Gasteiger partial charge in [-0.15, -0.1) is 0 Å². The van der Waals surface area contributed by atoms with Crippen LogP contribution in [-0.2, 0) is 11.3 Å². The summed E-state index contributed by atoms with van der Waals surface area (Å²) in [6, 6.07) is 17.0. The fourth-order valence-corrected chi connectivity index (χ4v) is 4.40. The molecule has 0 N–H and O–H groups in total. The van der Waals surface area contributed by atoms with E-state index in [1.54, 1.807) is 12.5 Å². The second kappa shape index (κ2) is 7.88. The number of carbonyl (C=O) groups excluding carboxylic acids is 1. The van der Waals surface area contributed by atoms with Gasteiger partial charge in [-0.05, 0) is 60.5 Å². The van der Waals surface area contributed by atoms with Crippen LogP contribution in [0.5, 0.6) is 0 Å². The van der Waals surface area contributed by atoms with Gasteiger partial charge in [0.2, 0.25) is 0 Å². The van der Waals surface area contributed by atoms with Gasteiger partial charge in [0, 0.05) is 18.5 Å². The number of likely N-dealkylation sites (tertiary alicyclic amines) is 1. The predicted molar refractivity (Wildman–Crippen MR) is 103 cm³/mol. The van der Waals surface area contributed by atoms with Crippen molar-refractivity contribution in [3.8, 4) is 11.1 Å². The van der Waals surface area contributed by atoms with E-state index in [1.165, 1.54) is 16.7 Å². The van der Waals surface area contributed by atoms with Crippen molar-refractivity contribution >= 4 is 6.29 Å². The summed E-state index contributed by atoms with van der Waals surface area (Å²) in [5, 5.41) is 0. The van der Waals surface area contributed by atoms with Crippen LogP contribution in [0.2, 0.25) is 0 Å². The largest absolute Gasteiger partial charge is 0.472 e. The molecule has 0 bridgehead atoms. The molecule has 1 aliphatic carbocycles. The lowest BCUT2D eigenvalue weighted by atomic mass is 9.78. The number of aldehydes is 1. The molecule has 1 saturated heterocycles. The van der Waals surface area contributed by atoms with Gasteiger partial charge in [0.05, 0.1) is 12.5 Å². The molecule has 1 aromatic carbocycles. The van der Waals surface area contributed by atoms with Crippen LogP contribution in [0, 0.1) is 5.92 Å². The van der Waals surface area contributed by atoms with Gasteiger partial charge in [-0.1, -0.05) is 42.5 Å². The Hall–Kier alpha value is -2.39. The van der Waals surface area contributed by atoms with Crippen LogP contribution in [0.1, 0.15) is 36.3 Å². The maximum absolute atomic E-state index is 11.4. The van der Waals surface area contributed by atoms with Gasteiger partial charge < -0.3 is 9.21 Å². The van der Waals surface area contributed by atoms with E-state index in [1.807, 2.05) is 6.07 Å². The highest BCUT2D eigenvalue weighted by Gasteiger charge is 2.29. The number of hydrogen-bond donors (Lipinski definition) is 0. The molecule has 2 heterocycles. The molecule has 0 amide bonds. The minimum absolute atomic E-state index is 0.311. The van der Waals surface area contributed by atoms with Gasteiger partial charge >= 0.3 is 0 Å². The number of carbonyl (C=O) groups is 1. The molecule has 0 aromatic heterocycles. The first-order valence-corrected chi connectivity index (χ1v) is 9.50. The van der Waals surface area contributed by atoms with Crippen molar-refractivity contribution in [1.29, 1.82) is 0 Å². The maximum atomic E-state index is 11.4. The van der Waals surface area contributed by atoms with Gasteiger partial charge in [-0.2, -0.15) is 0 Å². The zero-order chi connectivity index (χ0) is 17.8. The quantitative estimate of drug-likeness (QED) is 0.590. The molecule has 0 radical (unpaired) electrons. The molecule has 2 aliphatic heterocycles. The molecule has 3 nitrogen and oxygen atoms in total. The second-order valence-corrected chi connectivity index (χ2v) is 7.32. The highest BCUT2D eigenvalue weighted by molar-refractivity contribution is 5.71. The predicted octanol–water partition coefficient (Wildman–Crippen LogP) is 4.97. The standard InChI is InChI=1S/C23H25NO2/c25-14-10-21(23-7-6-20-17-26-15-11-22(20)23)19-8-12-24(13-9-19)16-18-4-2-1-3-5-18/h1-7,11,14-15,17,19,21H,8-10,12-13,16H2. The topological polar surface area (TPSA) is 33.5 Å². The minimum Gasteiger partial charge on any atom is -0.472 e. The summed E-state index contributed by atoms with van der Waals surface area (Å²) in [5.74, 6) is 0.876. The van der Waals surface area contributed by atoms with Gasteiger partial charge in [0.25, 0.3) is 0 Å². The molecule has 134 valence electrons. The number of nitrogens with zero attached hydrogens (tertiary/aromatic N) is 1. The third-order valence-corrected chi connectivity index (χ3v) is 5.77. The molecule has 26 heavy (non-hydrogen) atoms. The molecule has 0 spiro atoms. The van der Waals surface area contributed by atoms with E-state index in [0.717, 1.165) is 44.3 Å². The Bertz CT molecular complexity index is 802. The van der Waals surface area contributed by atoms with Gasteiger partial charge in [0.15, 0.2) is 0 Å². The summed E-state index contributed by atoms with van der Waals surface area (Å²) in [6.45, 7) is 3.22. The van der Waals surface area contributed by atoms with E-state index < -0.39 is 0 Å². The third kappa shape index (κ3) is 3.58. The van der Waals surface area contributed by atoms with Gasteiger partial charge in [-0.25, -0.2) is 0 Å². The summed E-state index contributed by atoms with van der Waals surface area (Å²) >= 11 is 0. The summed E-state index contributed by atoms with van der Waals surface area (Å²) in [6.07, 6.45) is 7.51. The number of rotatable bonds is 6. The molecule has 1 atom stereocenters. The monoisotopic (exact) mass is 347 g/mol. The zero-order valence-electron chi connectivity index (χ0n) is 15.0. The average molecular weight is 347 g/mol. The highest BCUT2D eigenvalue weighted by atomic mass is 16.3. The van der Waals surface area contributed by atoms with Crippen LogP contribution in [0.4, 0.5) is 0 Å². The van der Waals surface area contributed by atoms with Crippen molar-refractivity contribution < 1.29 is 9.21 Å². The van der Waals surface area contributed by atoms with E-state index in [4.69, 9.17) is 4.42 Å². The summed E-state index contributed by atoms with van der Waals surface area (Å²) in [4.78, 5) is 13.9. The van der Waals surface area contributed by atoms with E-state index in [2.05, 4.69) is 47.4 Å². The van der Waals surface area contributed by atoms with E-state index >= 15 is 0 Å². The van der Waals surface area contributed by atoms with E-state index in [0.29, 0.717) is 18.3 Å². The van der Waals surface area contributed by atoms with Crippen LogP contribution in [0.25, 0.3) is 11.1 Å². The Morgan fingerprint density at radius 2 is 1.88 bits per heavy atom. The SMILES string of the molecule is O=CCC(c1ccc2coccc1-2)C1CCN(Cc2ccccc2)CC1.